The predicted octanol–water partition coefficient (Wildman–Crippen LogP) is 2.29. The van der Waals surface area contributed by atoms with Crippen molar-refractivity contribution in [3.05, 3.63) is 40.7 Å². The van der Waals surface area contributed by atoms with E-state index in [-0.39, 0.29) is 12.3 Å². The Hall–Kier alpha value is -1.89. The average Bonchev–Trinajstić information content (AvgIpc) is 2.96. The molecule has 0 radical (unpaired) electrons. The fraction of sp³-hybridized carbons (Fsp3) is 0.444. The van der Waals surface area contributed by atoms with Crippen molar-refractivity contribution < 1.29 is 13.9 Å². The predicted molar refractivity (Wildman–Crippen MR) is 95.7 cm³/mol. The van der Waals surface area contributed by atoms with Crippen molar-refractivity contribution in [3.63, 3.8) is 0 Å². The van der Waals surface area contributed by atoms with E-state index >= 15 is 0 Å². The number of carbonyl (C=O) groups excluding carboxylic acids is 1. The topological polar surface area (TPSA) is 67.6 Å². The molecule has 1 saturated heterocycles. The summed E-state index contributed by atoms with van der Waals surface area (Å²) in [6.07, 6.45) is 0.207. The zero-order valence-corrected chi connectivity index (χ0v) is 15.0. The van der Waals surface area contributed by atoms with Gasteiger partial charge in [-0.2, -0.15) is 0 Å². The molecule has 2 aromatic rings. The molecule has 0 aliphatic carbocycles. The Morgan fingerprint density at radius 3 is 2.92 bits per heavy atom. The Balaban J connectivity index is 1.52. The van der Waals surface area contributed by atoms with Gasteiger partial charge in [0.05, 0.1) is 25.3 Å². The van der Waals surface area contributed by atoms with E-state index in [1.54, 1.807) is 12.1 Å². The fourth-order valence-electron chi connectivity index (χ4n) is 2.73. The first-order valence-electron chi connectivity index (χ1n) is 8.41. The molecule has 1 aromatic heterocycles. The number of rotatable bonds is 6. The van der Waals surface area contributed by atoms with Crippen LogP contribution in [0.1, 0.15) is 11.5 Å². The second-order valence-corrected chi connectivity index (χ2v) is 6.45. The summed E-state index contributed by atoms with van der Waals surface area (Å²) in [5.74, 6) is 1.08. The number of ether oxygens (including phenoxy) is 1. The lowest BCUT2D eigenvalue weighted by Crippen LogP contribution is -2.41. The molecule has 2 heterocycles. The minimum atomic E-state index is -0.0534. The second kappa shape index (κ2) is 8.47. The maximum absolute atomic E-state index is 12.1. The molecular weight excluding hydrogens is 342 g/mol. The molecule has 6 nitrogen and oxygen atoms in total. The molecule has 0 unspecified atom stereocenters. The number of amides is 1. The lowest BCUT2D eigenvalue weighted by Gasteiger charge is -2.26. The summed E-state index contributed by atoms with van der Waals surface area (Å²) in [5, 5.41) is 3.56. The maximum atomic E-state index is 12.1. The SMILES string of the molecule is Cc1oc(-c2cccc(Cl)c2)nc1CC(=O)NCCN1CCOCC1. The number of aromatic nitrogens is 1. The minimum Gasteiger partial charge on any atom is -0.441 e. The molecular formula is C18H22ClN3O3. The Labute approximate surface area is 152 Å². The molecule has 1 aliphatic heterocycles. The summed E-state index contributed by atoms with van der Waals surface area (Å²) in [6, 6.07) is 7.31. The highest BCUT2D eigenvalue weighted by Gasteiger charge is 2.15. The Bertz CT molecular complexity index is 726. The third-order valence-corrected chi connectivity index (χ3v) is 4.38. The summed E-state index contributed by atoms with van der Waals surface area (Å²) in [5.41, 5.74) is 1.45. The molecule has 1 N–H and O–H groups in total. The summed E-state index contributed by atoms with van der Waals surface area (Å²) < 4.78 is 11.0. The summed E-state index contributed by atoms with van der Waals surface area (Å²) in [7, 11) is 0. The molecule has 0 spiro atoms. The Kier molecular flexibility index (Phi) is 6.07. The standard InChI is InChI=1S/C18H22ClN3O3/c1-13-16(21-18(25-13)14-3-2-4-15(19)11-14)12-17(23)20-5-6-22-7-9-24-10-8-22/h2-4,11H,5-10,12H2,1H3,(H,20,23). The van der Waals surface area contributed by atoms with E-state index in [9.17, 15) is 4.79 Å². The van der Waals surface area contributed by atoms with Gasteiger partial charge in [0.1, 0.15) is 5.76 Å². The molecule has 1 fully saturated rings. The number of hydrogen-bond donors (Lipinski definition) is 1. The first kappa shape index (κ1) is 17.9. The molecule has 1 amide bonds. The van der Waals surface area contributed by atoms with Gasteiger partial charge >= 0.3 is 0 Å². The van der Waals surface area contributed by atoms with Gasteiger partial charge in [0.15, 0.2) is 0 Å². The van der Waals surface area contributed by atoms with E-state index in [2.05, 4.69) is 15.2 Å². The van der Waals surface area contributed by atoms with Crippen LogP contribution in [0.15, 0.2) is 28.7 Å². The molecule has 134 valence electrons. The van der Waals surface area contributed by atoms with Crippen molar-refractivity contribution in [2.45, 2.75) is 13.3 Å². The quantitative estimate of drug-likeness (QED) is 0.853. The van der Waals surface area contributed by atoms with Gasteiger partial charge in [0.2, 0.25) is 11.8 Å². The van der Waals surface area contributed by atoms with E-state index in [4.69, 9.17) is 20.8 Å². The van der Waals surface area contributed by atoms with Crippen LogP contribution in [0.25, 0.3) is 11.5 Å². The number of aryl methyl sites for hydroxylation is 1. The van der Waals surface area contributed by atoms with Gasteiger partial charge in [-0.15, -0.1) is 0 Å². The van der Waals surface area contributed by atoms with Crippen LogP contribution in [0.2, 0.25) is 5.02 Å². The van der Waals surface area contributed by atoms with Crippen LogP contribution in [0.4, 0.5) is 0 Å². The van der Waals surface area contributed by atoms with E-state index in [0.717, 1.165) is 38.4 Å². The van der Waals surface area contributed by atoms with E-state index in [1.807, 2.05) is 19.1 Å². The number of carbonyl (C=O) groups is 1. The van der Waals surface area contributed by atoms with Crippen molar-refractivity contribution in [2.24, 2.45) is 0 Å². The zero-order chi connectivity index (χ0) is 17.6. The molecule has 0 bridgehead atoms. The third kappa shape index (κ3) is 5.04. The number of nitrogens with zero attached hydrogens (tertiary/aromatic N) is 2. The third-order valence-electron chi connectivity index (χ3n) is 4.15. The molecule has 1 aliphatic rings. The Morgan fingerprint density at radius 1 is 1.36 bits per heavy atom. The Morgan fingerprint density at radius 2 is 2.16 bits per heavy atom. The van der Waals surface area contributed by atoms with Crippen LogP contribution in [0.3, 0.4) is 0 Å². The summed E-state index contributed by atoms with van der Waals surface area (Å²) in [6.45, 7) is 6.63. The average molecular weight is 364 g/mol. The molecule has 0 saturated carbocycles. The van der Waals surface area contributed by atoms with Crippen LogP contribution in [0, 0.1) is 6.92 Å². The van der Waals surface area contributed by atoms with Crippen molar-refractivity contribution in [1.82, 2.24) is 15.2 Å². The largest absolute Gasteiger partial charge is 0.441 e. The van der Waals surface area contributed by atoms with Gasteiger partial charge in [-0.1, -0.05) is 17.7 Å². The van der Waals surface area contributed by atoms with Gasteiger partial charge in [0, 0.05) is 36.8 Å². The van der Waals surface area contributed by atoms with Crippen LogP contribution in [-0.2, 0) is 16.0 Å². The van der Waals surface area contributed by atoms with Crippen LogP contribution < -0.4 is 5.32 Å². The van der Waals surface area contributed by atoms with Crippen LogP contribution >= 0.6 is 11.6 Å². The lowest BCUT2D eigenvalue weighted by molar-refractivity contribution is -0.120. The van der Waals surface area contributed by atoms with Gasteiger partial charge in [-0.05, 0) is 25.1 Å². The van der Waals surface area contributed by atoms with Crippen LogP contribution in [0.5, 0.6) is 0 Å². The van der Waals surface area contributed by atoms with Crippen molar-refractivity contribution >= 4 is 17.5 Å². The smallest absolute Gasteiger partial charge is 0.226 e. The van der Waals surface area contributed by atoms with E-state index in [0.29, 0.717) is 28.9 Å². The van der Waals surface area contributed by atoms with Crippen molar-refractivity contribution in [3.8, 4) is 11.5 Å². The maximum Gasteiger partial charge on any atom is 0.226 e. The van der Waals surface area contributed by atoms with E-state index < -0.39 is 0 Å². The molecule has 7 heteroatoms. The second-order valence-electron chi connectivity index (χ2n) is 6.01. The first-order valence-corrected chi connectivity index (χ1v) is 8.78. The number of hydrogen-bond acceptors (Lipinski definition) is 5. The monoisotopic (exact) mass is 363 g/mol. The number of benzene rings is 1. The number of morpholine rings is 1. The molecule has 0 atom stereocenters. The van der Waals surface area contributed by atoms with Crippen LogP contribution in [-0.4, -0.2) is 55.2 Å². The highest BCUT2D eigenvalue weighted by molar-refractivity contribution is 6.30. The highest BCUT2D eigenvalue weighted by atomic mass is 35.5. The van der Waals surface area contributed by atoms with Gasteiger partial charge in [-0.25, -0.2) is 4.98 Å². The molecule has 25 heavy (non-hydrogen) atoms. The number of nitrogens with one attached hydrogen (secondary N) is 1. The number of halogens is 1. The van der Waals surface area contributed by atoms with E-state index in [1.165, 1.54) is 0 Å². The summed E-state index contributed by atoms with van der Waals surface area (Å²) in [4.78, 5) is 18.9. The molecule has 1 aromatic carbocycles. The normalized spacial score (nSPS) is 15.3. The van der Waals surface area contributed by atoms with Crippen molar-refractivity contribution in [1.29, 1.82) is 0 Å². The number of oxazole rings is 1. The highest BCUT2D eigenvalue weighted by Crippen LogP contribution is 2.24. The minimum absolute atomic E-state index is 0.0534. The lowest BCUT2D eigenvalue weighted by atomic mass is 10.2. The zero-order valence-electron chi connectivity index (χ0n) is 14.3. The van der Waals surface area contributed by atoms with Gasteiger partial charge in [0.25, 0.3) is 0 Å². The summed E-state index contributed by atoms with van der Waals surface area (Å²) >= 11 is 6.00. The van der Waals surface area contributed by atoms with Gasteiger partial charge in [-0.3, -0.25) is 9.69 Å². The van der Waals surface area contributed by atoms with Crippen molar-refractivity contribution in [2.75, 3.05) is 39.4 Å². The first-order chi connectivity index (χ1) is 12.1. The fourth-order valence-corrected chi connectivity index (χ4v) is 2.92. The molecule has 3 rings (SSSR count). The van der Waals surface area contributed by atoms with Gasteiger partial charge < -0.3 is 14.5 Å².